The largest absolute Gasteiger partial charge is 0.489 e. The van der Waals surface area contributed by atoms with E-state index in [0.717, 1.165) is 5.56 Å². The van der Waals surface area contributed by atoms with E-state index in [0.29, 0.717) is 23.7 Å². The number of fused-ring (bicyclic) bond motifs is 1. The van der Waals surface area contributed by atoms with Crippen molar-refractivity contribution >= 4 is 21.6 Å². The molecule has 1 N–H and O–H groups in total. The lowest BCUT2D eigenvalue weighted by atomic mass is 10.2. The van der Waals surface area contributed by atoms with Gasteiger partial charge in [0.1, 0.15) is 12.4 Å². The number of rotatable bonds is 3. The normalized spacial score (nSPS) is 14.2. The van der Waals surface area contributed by atoms with E-state index in [1.165, 1.54) is 4.31 Å². The highest BCUT2D eigenvalue weighted by molar-refractivity contribution is 7.94. The van der Waals surface area contributed by atoms with Crippen LogP contribution in [0.4, 0.5) is 11.4 Å². The first-order valence-electron chi connectivity index (χ1n) is 6.66. The number of nitrogens with one attached hydrogen (secondary N) is 1. The second-order valence-electron chi connectivity index (χ2n) is 4.81. The summed E-state index contributed by atoms with van der Waals surface area (Å²) < 4.78 is 34.7. The van der Waals surface area contributed by atoms with Crippen molar-refractivity contribution in [1.29, 1.82) is 0 Å². The van der Waals surface area contributed by atoms with Gasteiger partial charge in [-0.3, -0.25) is 4.72 Å². The summed E-state index contributed by atoms with van der Waals surface area (Å²) in [6.45, 7) is 2.50. The molecule has 1 heterocycles. The Kier molecular flexibility index (Phi) is 3.47. The molecule has 3 rings (SSSR count). The molecule has 1 aliphatic heterocycles. The molecule has 0 spiro atoms. The van der Waals surface area contributed by atoms with Gasteiger partial charge in [0.25, 0.3) is 0 Å². The van der Waals surface area contributed by atoms with Gasteiger partial charge in [-0.2, -0.15) is 8.42 Å². The maximum atomic E-state index is 12.6. The molecule has 110 valence electrons. The Morgan fingerprint density at radius 3 is 2.62 bits per heavy atom. The molecule has 0 radical (unpaired) electrons. The zero-order valence-corrected chi connectivity index (χ0v) is 12.4. The first kappa shape index (κ1) is 13.8. The van der Waals surface area contributed by atoms with E-state index < -0.39 is 10.2 Å². The number of para-hydroxylation sites is 3. The summed E-state index contributed by atoms with van der Waals surface area (Å²) in [6, 6.07) is 14.4. The van der Waals surface area contributed by atoms with Crippen molar-refractivity contribution in [2.45, 2.75) is 6.92 Å². The molecule has 0 atom stereocenters. The fraction of sp³-hybridized carbons (Fsp3) is 0.200. The average molecular weight is 304 g/mol. The van der Waals surface area contributed by atoms with Crippen LogP contribution in [-0.2, 0) is 10.2 Å². The lowest BCUT2D eigenvalue weighted by Crippen LogP contribution is -2.41. The smallest absolute Gasteiger partial charge is 0.324 e. The fourth-order valence-electron chi connectivity index (χ4n) is 2.28. The van der Waals surface area contributed by atoms with Gasteiger partial charge in [0, 0.05) is 0 Å². The Bertz CT molecular complexity index is 759. The van der Waals surface area contributed by atoms with Crippen molar-refractivity contribution < 1.29 is 13.2 Å². The van der Waals surface area contributed by atoms with Gasteiger partial charge in [0.15, 0.2) is 0 Å². The van der Waals surface area contributed by atoms with E-state index in [1.54, 1.807) is 30.3 Å². The molecule has 6 heteroatoms. The minimum atomic E-state index is -3.67. The molecule has 1 aliphatic rings. The Hall–Kier alpha value is -2.21. The molecular weight excluding hydrogens is 288 g/mol. The third-order valence-corrected chi connectivity index (χ3v) is 4.80. The Morgan fingerprint density at radius 1 is 1.10 bits per heavy atom. The SMILES string of the molecule is Cc1ccccc1NS(=O)(=O)N1CCOc2ccccc21. The molecule has 0 bridgehead atoms. The van der Waals surface area contributed by atoms with Crippen LogP contribution in [0.2, 0.25) is 0 Å². The average Bonchev–Trinajstić information content (AvgIpc) is 2.49. The van der Waals surface area contributed by atoms with E-state index in [4.69, 9.17) is 4.74 Å². The lowest BCUT2D eigenvalue weighted by Gasteiger charge is -2.30. The molecule has 0 saturated heterocycles. The second-order valence-corrected chi connectivity index (χ2v) is 6.41. The minimum Gasteiger partial charge on any atom is -0.489 e. The van der Waals surface area contributed by atoms with Crippen LogP contribution in [0.1, 0.15) is 5.56 Å². The molecule has 0 amide bonds. The van der Waals surface area contributed by atoms with E-state index in [1.807, 2.05) is 25.1 Å². The summed E-state index contributed by atoms with van der Waals surface area (Å²) in [5.74, 6) is 0.582. The van der Waals surface area contributed by atoms with Crippen LogP contribution in [-0.4, -0.2) is 21.6 Å². The molecule has 0 unspecified atom stereocenters. The van der Waals surface area contributed by atoms with Gasteiger partial charge in [0.2, 0.25) is 0 Å². The van der Waals surface area contributed by atoms with Crippen LogP contribution in [0, 0.1) is 6.92 Å². The van der Waals surface area contributed by atoms with Gasteiger partial charge in [0.05, 0.1) is 17.9 Å². The first-order valence-corrected chi connectivity index (χ1v) is 8.10. The monoisotopic (exact) mass is 304 g/mol. The zero-order chi connectivity index (χ0) is 14.9. The van der Waals surface area contributed by atoms with Crippen molar-refractivity contribution in [3.8, 4) is 5.75 Å². The predicted molar refractivity (Wildman–Crippen MR) is 83.0 cm³/mol. The van der Waals surface area contributed by atoms with Crippen molar-refractivity contribution in [3.63, 3.8) is 0 Å². The molecule has 2 aromatic rings. The third kappa shape index (κ3) is 2.67. The Balaban J connectivity index is 1.95. The van der Waals surface area contributed by atoms with Gasteiger partial charge >= 0.3 is 10.2 Å². The summed E-state index contributed by atoms with van der Waals surface area (Å²) in [6.07, 6.45) is 0. The van der Waals surface area contributed by atoms with Crippen molar-refractivity contribution in [1.82, 2.24) is 0 Å². The summed E-state index contributed by atoms with van der Waals surface area (Å²) in [4.78, 5) is 0. The first-order chi connectivity index (χ1) is 10.1. The maximum Gasteiger partial charge on any atom is 0.324 e. The van der Waals surface area contributed by atoms with Crippen LogP contribution >= 0.6 is 0 Å². The van der Waals surface area contributed by atoms with Gasteiger partial charge in [-0.15, -0.1) is 0 Å². The standard InChI is InChI=1S/C15H16N2O3S/c1-12-6-2-3-7-13(12)16-21(18,19)17-10-11-20-15-9-5-4-8-14(15)17/h2-9,16H,10-11H2,1H3. The van der Waals surface area contributed by atoms with Gasteiger partial charge in [-0.1, -0.05) is 30.3 Å². The molecule has 0 aliphatic carbocycles. The maximum absolute atomic E-state index is 12.6. The number of nitrogens with zero attached hydrogens (tertiary/aromatic N) is 1. The van der Waals surface area contributed by atoms with Crippen molar-refractivity contribution in [2.24, 2.45) is 0 Å². The second kappa shape index (κ2) is 5.29. The summed E-state index contributed by atoms with van der Waals surface area (Å²) >= 11 is 0. The van der Waals surface area contributed by atoms with E-state index >= 15 is 0 Å². The van der Waals surface area contributed by atoms with E-state index in [9.17, 15) is 8.42 Å². The molecular formula is C15H16N2O3S. The Morgan fingerprint density at radius 2 is 1.81 bits per heavy atom. The number of hydrogen-bond donors (Lipinski definition) is 1. The zero-order valence-electron chi connectivity index (χ0n) is 11.6. The molecule has 21 heavy (non-hydrogen) atoms. The number of aryl methyl sites for hydroxylation is 1. The van der Waals surface area contributed by atoms with Crippen LogP contribution < -0.4 is 13.8 Å². The van der Waals surface area contributed by atoms with Gasteiger partial charge in [-0.05, 0) is 30.7 Å². The number of ether oxygens (including phenoxy) is 1. The summed E-state index contributed by atoms with van der Waals surface area (Å²) in [7, 11) is -3.67. The fourth-order valence-corrected chi connectivity index (χ4v) is 3.62. The highest BCUT2D eigenvalue weighted by Crippen LogP contribution is 2.33. The predicted octanol–water partition coefficient (Wildman–Crippen LogP) is 2.55. The van der Waals surface area contributed by atoms with Crippen LogP contribution in [0.25, 0.3) is 0 Å². The highest BCUT2D eigenvalue weighted by Gasteiger charge is 2.28. The number of benzene rings is 2. The molecule has 2 aromatic carbocycles. The minimum absolute atomic E-state index is 0.290. The highest BCUT2D eigenvalue weighted by atomic mass is 32.2. The summed E-state index contributed by atoms with van der Waals surface area (Å²) in [5.41, 5.74) is 2.02. The number of hydrogen-bond acceptors (Lipinski definition) is 3. The molecule has 5 nitrogen and oxygen atoms in total. The molecule has 0 aromatic heterocycles. The van der Waals surface area contributed by atoms with E-state index in [-0.39, 0.29) is 6.54 Å². The topological polar surface area (TPSA) is 58.6 Å². The van der Waals surface area contributed by atoms with E-state index in [2.05, 4.69) is 4.72 Å². The van der Waals surface area contributed by atoms with Crippen LogP contribution in [0.5, 0.6) is 5.75 Å². The summed E-state index contributed by atoms with van der Waals surface area (Å²) in [5, 5.41) is 0. The van der Waals surface area contributed by atoms with Gasteiger partial charge < -0.3 is 4.74 Å². The Labute approximate surface area is 124 Å². The third-order valence-electron chi connectivity index (χ3n) is 3.36. The van der Waals surface area contributed by atoms with Crippen molar-refractivity contribution in [3.05, 3.63) is 54.1 Å². The van der Waals surface area contributed by atoms with Gasteiger partial charge in [-0.25, -0.2) is 4.31 Å². The molecule has 0 fully saturated rings. The molecule has 0 saturated carbocycles. The number of anilines is 2. The van der Waals surface area contributed by atoms with Crippen LogP contribution in [0.15, 0.2) is 48.5 Å². The lowest BCUT2D eigenvalue weighted by molar-refractivity contribution is 0.316. The quantitative estimate of drug-likeness (QED) is 0.948. The van der Waals surface area contributed by atoms with Crippen LogP contribution in [0.3, 0.4) is 0 Å². The van der Waals surface area contributed by atoms with Crippen molar-refractivity contribution in [2.75, 3.05) is 22.2 Å².